The molecule has 5 nitrogen and oxygen atoms in total. The highest BCUT2D eigenvalue weighted by Gasteiger charge is 2.18. The SMILES string of the molecule is N#Cc1c(F)cccc1OCc1cccc([N+](=O)[O-])c1F. The molecule has 7 heteroatoms. The average molecular weight is 290 g/mol. The Morgan fingerprint density at radius 1 is 1.24 bits per heavy atom. The summed E-state index contributed by atoms with van der Waals surface area (Å²) in [5.41, 5.74) is -1.03. The van der Waals surface area contributed by atoms with Crippen molar-refractivity contribution in [2.24, 2.45) is 0 Å². The topological polar surface area (TPSA) is 76.2 Å². The molecular weight excluding hydrogens is 282 g/mol. The lowest BCUT2D eigenvalue weighted by atomic mass is 10.2. The van der Waals surface area contributed by atoms with Gasteiger partial charge in [0.05, 0.1) is 4.92 Å². The van der Waals surface area contributed by atoms with E-state index in [1.54, 1.807) is 6.07 Å². The first-order valence-corrected chi connectivity index (χ1v) is 5.77. The number of benzene rings is 2. The summed E-state index contributed by atoms with van der Waals surface area (Å²) in [6.07, 6.45) is 0. The van der Waals surface area contributed by atoms with Crippen LogP contribution in [0.3, 0.4) is 0 Å². The van der Waals surface area contributed by atoms with Crippen LogP contribution in [0.5, 0.6) is 5.75 Å². The van der Waals surface area contributed by atoms with Crippen molar-refractivity contribution in [3.63, 3.8) is 0 Å². The number of nitro benzene ring substituents is 1. The summed E-state index contributed by atoms with van der Waals surface area (Å²) in [7, 11) is 0. The second-order valence-electron chi connectivity index (χ2n) is 4.02. The van der Waals surface area contributed by atoms with Crippen molar-refractivity contribution in [3.05, 3.63) is 69.3 Å². The molecule has 0 aliphatic heterocycles. The maximum Gasteiger partial charge on any atom is 0.305 e. The van der Waals surface area contributed by atoms with Crippen LogP contribution >= 0.6 is 0 Å². The second-order valence-corrected chi connectivity index (χ2v) is 4.02. The predicted molar refractivity (Wildman–Crippen MR) is 68.5 cm³/mol. The first kappa shape index (κ1) is 14.4. The summed E-state index contributed by atoms with van der Waals surface area (Å²) in [6, 6.07) is 9.10. The van der Waals surface area contributed by atoms with Gasteiger partial charge in [0.25, 0.3) is 0 Å². The third-order valence-corrected chi connectivity index (χ3v) is 2.73. The highest BCUT2D eigenvalue weighted by Crippen LogP contribution is 2.24. The van der Waals surface area contributed by atoms with Crippen molar-refractivity contribution in [1.82, 2.24) is 0 Å². The number of nitro groups is 1. The van der Waals surface area contributed by atoms with E-state index in [0.717, 1.165) is 12.1 Å². The van der Waals surface area contributed by atoms with Gasteiger partial charge in [0.1, 0.15) is 29.8 Å². The summed E-state index contributed by atoms with van der Waals surface area (Å²) in [4.78, 5) is 9.78. The maximum atomic E-state index is 13.8. The molecule has 0 aliphatic rings. The molecule has 0 atom stereocenters. The number of rotatable bonds is 4. The van der Waals surface area contributed by atoms with Crippen LogP contribution in [-0.4, -0.2) is 4.92 Å². The number of halogens is 2. The van der Waals surface area contributed by atoms with Crippen LogP contribution in [0, 0.1) is 33.1 Å². The van der Waals surface area contributed by atoms with Gasteiger partial charge in [-0.1, -0.05) is 18.2 Å². The van der Waals surface area contributed by atoms with Crippen LogP contribution in [0.4, 0.5) is 14.5 Å². The van der Waals surface area contributed by atoms with Crippen molar-refractivity contribution in [2.45, 2.75) is 6.61 Å². The summed E-state index contributed by atoms with van der Waals surface area (Å²) < 4.78 is 32.4. The van der Waals surface area contributed by atoms with E-state index in [1.807, 2.05) is 0 Å². The smallest absolute Gasteiger partial charge is 0.305 e. The fourth-order valence-corrected chi connectivity index (χ4v) is 1.71. The van der Waals surface area contributed by atoms with Gasteiger partial charge in [0, 0.05) is 11.6 Å². The Kier molecular flexibility index (Phi) is 4.09. The van der Waals surface area contributed by atoms with E-state index < -0.39 is 22.2 Å². The van der Waals surface area contributed by atoms with Gasteiger partial charge in [-0.15, -0.1) is 0 Å². The zero-order valence-electron chi connectivity index (χ0n) is 10.5. The number of nitrogens with zero attached hydrogens (tertiary/aromatic N) is 2. The summed E-state index contributed by atoms with van der Waals surface area (Å²) in [5, 5.41) is 19.5. The van der Waals surface area contributed by atoms with Crippen LogP contribution in [0.25, 0.3) is 0 Å². The van der Waals surface area contributed by atoms with Gasteiger partial charge < -0.3 is 4.74 Å². The second kappa shape index (κ2) is 5.96. The molecule has 0 saturated heterocycles. The van der Waals surface area contributed by atoms with Crippen molar-refractivity contribution in [3.8, 4) is 11.8 Å². The molecule has 2 aromatic rings. The van der Waals surface area contributed by atoms with Gasteiger partial charge in [0.2, 0.25) is 5.82 Å². The summed E-state index contributed by atoms with van der Waals surface area (Å²) >= 11 is 0. The van der Waals surface area contributed by atoms with Crippen molar-refractivity contribution >= 4 is 5.69 Å². The van der Waals surface area contributed by atoms with Crippen LogP contribution in [-0.2, 0) is 6.61 Å². The first-order chi connectivity index (χ1) is 10.0. The molecule has 0 unspecified atom stereocenters. The van der Waals surface area contributed by atoms with Gasteiger partial charge in [-0.25, -0.2) is 4.39 Å². The zero-order chi connectivity index (χ0) is 15.4. The standard InChI is InChI=1S/C14H8F2N2O3/c15-11-4-2-6-13(10(11)7-17)21-8-9-3-1-5-12(14(9)16)18(19)20/h1-6H,8H2. The molecular formula is C14H8F2N2O3. The Morgan fingerprint density at radius 2 is 1.95 bits per heavy atom. The van der Waals surface area contributed by atoms with Crippen molar-refractivity contribution in [2.75, 3.05) is 0 Å². The molecule has 0 aliphatic carbocycles. The minimum absolute atomic E-state index is 0.0524. The maximum absolute atomic E-state index is 13.8. The highest BCUT2D eigenvalue weighted by atomic mass is 19.1. The molecule has 0 saturated carbocycles. The van der Waals surface area contributed by atoms with Gasteiger partial charge in [-0.3, -0.25) is 10.1 Å². The fraction of sp³-hybridized carbons (Fsp3) is 0.0714. The zero-order valence-corrected chi connectivity index (χ0v) is 10.5. The molecule has 0 bridgehead atoms. The lowest BCUT2D eigenvalue weighted by molar-refractivity contribution is -0.387. The summed E-state index contributed by atoms with van der Waals surface area (Å²) in [6.45, 7) is -0.356. The number of nitriles is 1. The van der Waals surface area contributed by atoms with Gasteiger partial charge >= 0.3 is 5.69 Å². The van der Waals surface area contributed by atoms with Crippen molar-refractivity contribution in [1.29, 1.82) is 5.26 Å². The Hall–Kier alpha value is -3.01. The number of hydrogen-bond donors (Lipinski definition) is 0. The molecule has 0 amide bonds. The molecule has 2 aromatic carbocycles. The lowest BCUT2D eigenvalue weighted by Gasteiger charge is -2.09. The van der Waals surface area contributed by atoms with Crippen LogP contribution in [0.15, 0.2) is 36.4 Å². The fourth-order valence-electron chi connectivity index (χ4n) is 1.71. The molecule has 2 rings (SSSR count). The largest absolute Gasteiger partial charge is 0.487 e. The van der Waals surface area contributed by atoms with E-state index in [2.05, 4.69) is 0 Å². The third kappa shape index (κ3) is 2.95. The predicted octanol–water partition coefficient (Wildman–Crippen LogP) is 3.32. The van der Waals surface area contributed by atoms with Crippen molar-refractivity contribution < 1.29 is 18.4 Å². The van der Waals surface area contributed by atoms with E-state index in [1.165, 1.54) is 24.3 Å². The van der Waals surface area contributed by atoms with E-state index >= 15 is 0 Å². The monoisotopic (exact) mass is 290 g/mol. The molecule has 0 N–H and O–H groups in total. The molecule has 0 fully saturated rings. The van der Waals surface area contributed by atoms with Gasteiger partial charge in [0.15, 0.2) is 0 Å². The van der Waals surface area contributed by atoms with E-state index in [4.69, 9.17) is 10.00 Å². The number of hydrogen-bond acceptors (Lipinski definition) is 4. The Morgan fingerprint density at radius 3 is 2.62 bits per heavy atom. The van der Waals surface area contributed by atoms with Crippen LogP contribution in [0.1, 0.15) is 11.1 Å². The van der Waals surface area contributed by atoms with Crippen LogP contribution < -0.4 is 4.74 Å². The minimum Gasteiger partial charge on any atom is -0.487 e. The first-order valence-electron chi connectivity index (χ1n) is 5.77. The molecule has 21 heavy (non-hydrogen) atoms. The highest BCUT2D eigenvalue weighted by molar-refractivity contribution is 5.44. The third-order valence-electron chi connectivity index (χ3n) is 2.73. The molecule has 0 aromatic heterocycles. The quantitative estimate of drug-likeness (QED) is 0.639. The van der Waals surface area contributed by atoms with Gasteiger partial charge in [-0.2, -0.15) is 9.65 Å². The molecule has 106 valence electrons. The summed E-state index contributed by atoms with van der Waals surface area (Å²) in [5.74, 6) is -1.82. The van der Waals surface area contributed by atoms with E-state index in [0.29, 0.717) is 0 Å². The normalized spacial score (nSPS) is 9.95. The lowest BCUT2D eigenvalue weighted by Crippen LogP contribution is -2.03. The Labute approximate surface area is 118 Å². The van der Waals surface area contributed by atoms with Crippen LogP contribution in [0.2, 0.25) is 0 Å². The van der Waals surface area contributed by atoms with Gasteiger partial charge in [-0.05, 0) is 12.1 Å². The van der Waals surface area contributed by atoms with E-state index in [9.17, 15) is 18.9 Å². The number of ether oxygens (including phenoxy) is 1. The minimum atomic E-state index is -1.02. The van der Waals surface area contributed by atoms with E-state index in [-0.39, 0.29) is 23.5 Å². The Balaban J connectivity index is 2.26. The average Bonchev–Trinajstić information content (AvgIpc) is 2.46. The molecule has 0 heterocycles. The Bertz CT molecular complexity index is 741. The molecule has 0 radical (unpaired) electrons. The molecule has 0 spiro atoms.